The third-order valence-corrected chi connectivity index (χ3v) is 1.80. The Balaban J connectivity index is 2.75. The zero-order chi connectivity index (χ0) is 9.42. The van der Waals surface area contributed by atoms with Crippen molar-refractivity contribution in [2.45, 2.75) is 6.92 Å². The summed E-state index contributed by atoms with van der Waals surface area (Å²) in [6.07, 6.45) is 1.60. The molecule has 0 unspecified atom stereocenters. The number of rotatable bonds is 1. The number of carbonyl (C=O) groups is 1. The van der Waals surface area contributed by atoms with Crippen molar-refractivity contribution < 1.29 is 9.90 Å². The van der Waals surface area contributed by atoms with Crippen LogP contribution in [0.3, 0.4) is 0 Å². The predicted octanol–water partition coefficient (Wildman–Crippen LogP) is 0.965. The SMILES string of the molecule is Cc1ccnc2nc(C(=O)O)[nH]c12. The van der Waals surface area contributed by atoms with Crippen molar-refractivity contribution in [2.24, 2.45) is 0 Å². The molecule has 5 heteroatoms. The molecule has 2 N–H and O–H groups in total. The van der Waals surface area contributed by atoms with Crippen molar-refractivity contribution in [1.29, 1.82) is 0 Å². The van der Waals surface area contributed by atoms with Gasteiger partial charge in [0.15, 0.2) is 5.65 Å². The van der Waals surface area contributed by atoms with E-state index in [1.807, 2.05) is 6.92 Å². The van der Waals surface area contributed by atoms with E-state index in [0.29, 0.717) is 11.2 Å². The number of carboxylic acids is 1. The number of aromatic carboxylic acids is 1. The molecule has 0 bridgehead atoms. The zero-order valence-electron chi connectivity index (χ0n) is 6.90. The highest BCUT2D eigenvalue weighted by Gasteiger charge is 2.10. The van der Waals surface area contributed by atoms with E-state index in [9.17, 15) is 4.79 Å². The minimum absolute atomic E-state index is 0.0724. The number of aryl methyl sites for hydroxylation is 1. The monoisotopic (exact) mass is 177 g/mol. The molecule has 0 aromatic carbocycles. The first-order valence-electron chi connectivity index (χ1n) is 3.73. The van der Waals surface area contributed by atoms with Crippen LogP contribution in [0.25, 0.3) is 11.2 Å². The summed E-state index contributed by atoms with van der Waals surface area (Å²) < 4.78 is 0. The lowest BCUT2D eigenvalue weighted by molar-refractivity contribution is 0.0685. The molecule has 0 saturated carbocycles. The second-order valence-corrected chi connectivity index (χ2v) is 2.72. The van der Waals surface area contributed by atoms with Crippen molar-refractivity contribution in [3.63, 3.8) is 0 Å². The molecule has 2 rings (SSSR count). The Morgan fingerprint density at radius 3 is 3.00 bits per heavy atom. The number of aromatic nitrogens is 3. The Bertz CT molecular complexity index is 475. The van der Waals surface area contributed by atoms with E-state index in [0.717, 1.165) is 5.56 Å². The topological polar surface area (TPSA) is 78.9 Å². The molecule has 2 aromatic rings. The molecule has 0 atom stereocenters. The quantitative estimate of drug-likeness (QED) is 0.680. The van der Waals surface area contributed by atoms with E-state index < -0.39 is 5.97 Å². The number of H-pyrrole nitrogens is 1. The fourth-order valence-corrected chi connectivity index (χ4v) is 1.14. The van der Waals surface area contributed by atoms with Gasteiger partial charge < -0.3 is 10.1 Å². The molecule has 0 saturated heterocycles. The van der Waals surface area contributed by atoms with Gasteiger partial charge in [-0.15, -0.1) is 0 Å². The molecule has 5 nitrogen and oxygen atoms in total. The minimum Gasteiger partial charge on any atom is -0.475 e. The van der Waals surface area contributed by atoms with Gasteiger partial charge in [-0.1, -0.05) is 0 Å². The Labute approximate surface area is 73.4 Å². The summed E-state index contributed by atoms with van der Waals surface area (Å²) in [6, 6.07) is 1.80. The summed E-state index contributed by atoms with van der Waals surface area (Å²) >= 11 is 0. The van der Waals surface area contributed by atoms with Crippen LogP contribution >= 0.6 is 0 Å². The van der Waals surface area contributed by atoms with Crippen LogP contribution in [0.15, 0.2) is 12.3 Å². The Hall–Kier alpha value is -1.91. The highest BCUT2D eigenvalue weighted by molar-refractivity contribution is 5.88. The molecule has 0 fully saturated rings. The number of imidazole rings is 1. The van der Waals surface area contributed by atoms with Crippen LogP contribution in [-0.4, -0.2) is 26.0 Å². The highest BCUT2D eigenvalue weighted by Crippen LogP contribution is 2.12. The van der Waals surface area contributed by atoms with Gasteiger partial charge in [-0.3, -0.25) is 0 Å². The number of hydrogen-bond donors (Lipinski definition) is 2. The number of nitrogens with one attached hydrogen (secondary N) is 1. The zero-order valence-corrected chi connectivity index (χ0v) is 6.90. The standard InChI is InChI=1S/C8H7N3O2/c1-4-2-3-9-6-5(4)10-7(11-6)8(12)13/h2-3H,1H3,(H,12,13)(H,9,10,11). The second-order valence-electron chi connectivity index (χ2n) is 2.72. The molecular weight excluding hydrogens is 170 g/mol. The lowest BCUT2D eigenvalue weighted by Gasteiger charge is -1.90. The molecule has 0 aliphatic rings. The summed E-state index contributed by atoms with van der Waals surface area (Å²) in [5, 5.41) is 8.66. The van der Waals surface area contributed by atoms with Crippen LogP contribution in [0.1, 0.15) is 16.2 Å². The normalized spacial score (nSPS) is 10.5. The highest BCUT2D eigenvalue weighted by atomic mass is 16.4. The maximum absolute atomic E-state index is 10.6. The Kier molecular flexibility index (Phi) is 1.51. The fourth-order valence-electron chi connectivity index (χ4n) is 1.14. The summed E-state index contributed by atoms with van der Waals surface area (Å²) in [5.74, 6) is -1.14. The van der Waals surface area contributed by atoms with Gasteiger partial charge in [-0.05, 0) is 18.6 Å². The average molecular weight is 177 g/mol. The lowest BCUT2D eigenvalue weighted by atomic mass is 10.3. The van der Waals surface area contributed by atoms with E-state index in [2.05, 4.69) is 15.0 Å². The van der Waals surface area contributed by atoms with Crippen LogP contribution in [0.2, 0.25) is 0 Å². The van der Waals surface area contributed by atoms with Crippen LogP contribution in [0, 0.1) is 6.92 Å². The van der Waals surface area contributed by atoms with Crippen molar-refractivity contribution in [1.82, 2.24) is 15.0 Å². The van der Waals surface area contributed by atoms with Gasteiger partial charge in [0.1, 0.15) is 0 Å². The van der Waals surface area contributed by atoms with Gasteiger partial charge in [-0.2, -0.15) is 0 Å². The van der Waals surface area contributed by atoms with Gasteiger partial charge >= 0.3 is 5.97 Å². The number of fused-ring (bicyclic) bond motifs is 1. The average Bonchev–Trinajstić information content (AvgIpc) is 2.49. The third-order valence-electron chi connectivity index (χ3n) is 1.80. The molecule has 0 amide bonds. The van der Waals surface area contributed by atoms with Crippen LogP contribution in [0.4, 0.5) is 0 Å². The summed E-state index contributed by atoms with van der Waals surface area (Å²) in [7, 11) is 0. The summed E-state index contributed by atoms with van der Waals surface area (Å²) in [5.41, 5.74) is 2.06. The molecular formula is C8H7N3O2. The smallest absolute Gasteiger partial charge is 0.371 e. The third kappa shape index (κ3) is 1.14. The number of carboxylic acid groups (broad SMARTS) is 1. The van der Waals surface area contributed by atoms with Crippen molar-refractivity contribution in [3.8, 4) is 0 Å². The van der Waals surface area contributed by atoms with Gasteiger partial charge in [0, 0.05) is 6.20 Å². The molecule has 0 aliphatic heterocycles. The summed E-state index contributed by atoms with van der Waals surface area (Å²) in [6.45, 7) is 1.87. The first-order chi connectivity index (χ1) is 6.18. The molecule has 13 heavy (non-hydrogen) atoms. The molecule has 0 radical (unpaired) electrons. The van der Waals surface area contributed by atoms with E-state index in [1.165, 1.54) is 0 Å². The van der Waals surface area contributed by atoms with Crippen LogP contribution in [0.5, 0.6) is 0 Å². The van der Waals surface area contributed by atoms with Crippen molar-refractivity contribution in [3.05, 3.63) is 23.7 Å². The number of aromatic amines is 1. The first-order valence-corrected chi connectivity index (χ1v) is 3.73. The van der Waals surface area contributed by atoms with Crippen LogP contribution in [-0.2, 0) is 0 Å². The van der Waals surface area contributed by atoms with Gasteiger partial charge in [0.2, 0.25) is 5.82 Å². The van der Waals surface area contributed by atoms with E-state index in [-0.39, 0.29) is 5.82 Å². The number of pyridine rings is 1. The van der Waals surface area contributed by atoms with Crippen LogP contribution < -0.4 is 0 Å². The predicted molar refractivity (Wildman–Crippen MR) is 45.6 cm³/mol. The second kappa shape index (κ2) is 2.55. The van der Waals surface area contributed by atoms with E-state index in [4.69, 9.17) is 5.11 Å². The molecule has 2 aromatic heterocycles. The number of nitrogens with zero attached hydrogens (tertiary/aromatic N) is 2. The number of hydrogen-bond acceptors (Lipinski definition) is 3. The summed E-state index contributed by atoms with van der Waals surface area (Å²) in [4.78, 5) is 21.0. The van der Waals surface area contributed by atoms with Gasteiger partial charge in [0.05, 0.1) is 5.52 Å². The van der Waals surface area contributed by atoms with E-state index in [1.54, 1.807) is 12.3 Å². The Morgan fingerprint density at radius 2 is 2.38 bits per heavy atom. The Morgan fingerprint density at radius 1 is 1.62 bits per heavy atom. The maximum Gasteiger partial charge on any atom is 0.371 e. The van der Waals surface area contributed by atoms with Crippen molar-refractivity contribution in [2.75, 3.05) is 0 Å². The molecule has 0 spiro atoms. The van der Waals surface area contributed by atoms with Gasteiger partial charge in [-0.25, -0.2) is 14.8 Å². The first kappa shape index (κ1) is 7.72. The molecule has 66 valence electrons. The lowest BCUT2D eigenvalue weighted by Crippen LogP contribution is -1.97. The van der Waals surface area contributed by atoms with Gasteiger partial charge in [0.25, 0.3) is 0 Å². The van der Waals surface area contributed by atoms with E-state index >= 15 is 0 Å². The minimum atomic E-state index is -1.07. The maximum atomic E-state index is 10.6. The molecule has 2 heterocycles. The fraction of sp³-hybridized carbons (Fsp3) is 0.125. The van der Waals surface area contributed by atoms with Crippen molar-refractivity contribution >= 4 is 17.1 Å². The largest absolute Gasteiger partial charge is 0.475 e. The molecule has 0 aliphatic carbocycles.